The number of barbiturate groups is 1. The Bertz CT molecular complexity index is 1690. The molecule has 0 aliphatic carbocycles. The van der Waals surface area contributed by atoms with Crippen molar-refractivity contribution in [1.29, 1.82) is 5.26 Å². The molecule has 1 saturated heterocycles. The van der Waals surface area contributed by atoms with E-state index < -0.39 is 42.2 Å². The molecule has 70 heavy (non-hydrogen) atoms. The fourth-order valence-electron chi connectivity index (χ4n) is 7.01. The highest BCUT2D eigenvalue weighted by Crippen LogP contribution is 2.25. The standard InChI is InChI=1S/C25H37N5O6.C18H27N5O5.C6H14/c26-19-36-18-12-6-5-11-17-30-24(34)22(13-7-1-2-8-14-27-20-31)23(33)29(25(30)35)16-10-4-3-9-15-28-21-32;24-14-19-9-5-1-2-7-11-22-18(28)23(17(27)13-21-16-26)12-8-4-3-6-10-20-15-25;1-3-5-6-4-2/h22H,1-18H2;1-13H2,(H,22,28);3-6H2,1-2H3. The number of nitriles is 1. The lowest BCUT2D eigenvalue weighted by molar-refractivity contribution is -0.149. The van der Waals surface area contributed by atoms with E-state index in [2.05, 4.69) is 48.9 Å². The molecule has 1 rings (SSSR count). The molecule has 1 fully saturated rings. The predicted octanol–water partition coefficient (Wildman–Crippen LogP) is 7.87. The van der Waals surface area contributed by atoms with Gasteiger partial charge in [0.1, 0.15) is 19.1 Å². The zero-order valence-electron chi connectivity index (χ0n) is 41.8. The first-order valence-electron chi connectivity index (χ1n) is 25.1. The Morgan fingerprint density at radius 3 is 1.41 bits per heavy atom. The smallest absolute Gasteiger partial charge is 0.333 e. The highest BCUT2D eigenvalue weighted by molar-refractivity contribution is 6.16. The SMILES string of the molecule is CCCCCC.N#COCCCCCCN1C(=O)C(CCCCCCN=C=O)C(=O)N(CCCCCCN=C=O)C1=O.O=C=NCCCCCCNC(=O)N(CCCCCCN=C=O)C(=O)CN=C=O. The Hall–Kier alpha value is -6.26. The average Bonchev–Trinajstić information content (AvgIpc) is 3.36. The van der Waals surface area contributed by atoms with Crippen LogP contribution in [0, 0.1) is 17.4 Å². The monoisotopic (exact) mass is 983 g/mol. The van der Waals surface area contributed by atoms with E-state index in [0.29, 0.717) is 71.4 Å². The van der Waals surface area contributed by atoms with E-state index in [1.165, 1.54) is 65.9 Å². The van der Waals surface area contributed by atoms with Gasteiger partial charge in [-0.1, -0.05) is 104 Å². The van der Waals surface area contributed by atoms with Gasteiger partial charge >= 0.3 is 12.1 Å². The molecule has 7 amide bonds. The summed E-state index contributed by atoms with van der Waals surface area (Å²) in [4.78, 5) is 135. The molecule has 0 spiro atoms. The number of amides is 7. The Balaban J connectivity index is 0. The number of carbonyl (C=O) groups excluding carboxylic acids is 10. The fourth-order valence-corrected chi connectivity index (χ4v) is 7.01. The van der Waals surface area contributed by atoms with Crippen molar-refractivity contribution < 1.29 is 52.7 Å². The number of unbranched alkanes of at least 4 members (excludes halogenated alkanes) is 18. The lowest BCUT2D eigenvalue weighted by Crippen LogP contribution is -2.60. The van der Waals surface area contributed by atoms with Crippen molar-refractivity contribution in [2.24, 2.45) is 30.9 Å². The van der Waals surface area contributed by atoms with Gasteiger partial charge in [-0.05, 0) is 70.6 Å². The van der Waals surface area contributed by atoms with Crippen molar-refractivity contribution in [3.05, 3.63) is 0 Å². The van der Waals surface area contributed by atoms with Crippen molar-refractivity contribution >= 4 is 60.2 Å². The highest BCUT2D eigenvalue weighted by Gasteiger charge is 2.44. The minimum atomic E-state index is -0.860. The van der Waals surface area contributed by atoms with Gasteiger partial charge in [-0.2, -0.15) is 10.3 Å². The average molecular weight is 983 g/mol. The number of nitrogens with zero attached hydrogens (tertiary/aromatic N) is 9. The molecule has 21 nitrogen and oxygen atoms in total. The highest BCUT2D eigenvalue weighted by atomic mass is 16.5. The van der Waals surface area contributed by atoms with E-state index in [-0.39, 0.29) is 19.6 Å². The van der Waals surface area contributed by atoms with Crippen LogP contribution in [0.25, 0.3) is 0 Å². The molecule has 1 N–H and O–H groups in total. The minimum Gasteiger partial charge on any atom is -0.428 e. The van der Waals surface area contributed by atoms with E-state index in [0.717, 1.165) is 108 Å². The summed E-state index contributed by atoms with van der Waals surface area (Å²) in [5, 5.41) is 11.1. The van der Waals surface area contributed by atoms with E-state index in [1.54, 1.807) is 6.26 Å². The van der Waals surface area contributed by atoms with Crippen LogP contribution in [-0.2, 0) is 43.1 Å². The first-order valence-corrected chi connectivity index (χ1v) is 25.1. The number of urea groups is 2. The number of rotatable bonds is 40. The van der Waals surface area contributed by atoms with Gasteiger partial charge in [-0.15, -0.1) is 0 Å². The topological polar surface area (TPSA) is 287 Å². The van der Waals surface area contributed by atoms with Crippen molar-refractivity contribution in [2.75, 3.05) is 65.5 Å². The molecule has 390 valence electrons. The van der Waals surface area contributed by atoms with Crippen LogP contribution in [0.3, 0.4) is 0 Å². The third kappa shape index (κ3) is 36.7. The quantitative estimate of drug-likeness (QED) is 0.0202. The zero-order chi connectivity index (χ0) is 52.1. The summed E-state index contributed by atoms with van der Waals surface area (Å²) in [6.07, 6.45) is 29.9. The van der Waals surface area contributed by atoms with Crippen molar-refractivity contribution in [3.63, 3.8) is 0 Å². The molecule has 1 unspecified atom stereocenters. The molecule has 21 heteroatoms. The maximum Gasteiger partial charge on any atom is 0.333 e. The summed E-state index contributed by atoms with van der Waals surface area (Å²) < 4.78 is 4.65. The third-order valence-electron chi connectivity index (χ3n) is 10.9. The number of hydrogen-bond donors (Lipinski definition) is 1. The van der Waals surface area contributed by atoms with Crippen LogP contribution in [-0.4, -0.2) is 140 Å². The molecule has 1 heterocycles. The van der Waals surface area contributed by atoms with Crippen LogP contribution in [0.2, 0.25) is 0 Å². The molecular weight excluding hydrogens is 905 g/mol. The Kier molecular flexibility index (Phi) is 47.6. The van der Waals surface area contributed by atoms with E-state index >= 15 is 0 Å². The van der Waals surface area contributed by atoms with Gasteiger partial charge < -0.3 is 10.1 Å². The zero-order valence-corrected chi connectivity index (χ0v) is 41.8. The number of carbonyl (C=O) groups is 5. The molecule has 1 aliphatic rings. The number of nitrogens with one attached hydrogen (secondary N) is 1. The second kappa shape index (κ2) is 50.6. The second-order valence-electron chi connectivity index (χ2n) is 16.4. The van der Waals surface area contributed by atoms with Gasteiger partial charge in [0.05, 0.1) is 26.2 Å². The first-order chi connectivity index (χ1) is 34.2. The largest absolute Gasteiger partial charge is 0.428 e. The van der Waals surface area contributed by atoms with Crippen molar-refractivity contribution in [1.82, 2.24) is 20.0 Å². The normalized spacial score (nSPS) is 12.4. The van der Waals surface area contributed by atoms with Gasteiger partial charge in [0.25, 0.3) is 12.2 Å². The van der Waals surface area contributed by atoms with Gasteiger partial charge in [0, 0.05) is 26.2 Å². The van der Waals surface area contributed by atoms with E-state index in [4.69, 9.17) is 5.26 Å². The molecule has 0 aromatic heterocycles. The van der Waals surface area contributed by atoms with Gasteiger partial charge in [0.2, 0.25) is 42.2 Å². The van der Waals surface area contributed by atoms with Gasteiger partial charge in [-0.25, -0.2) is 53.5 Å². The number of isocyanates is 5. The van der Waals surface area contributed by atoms with Gasteiger partial charge in [-0.3, -0.25) is 29.1 Å². The number of hydrogen-bond acceptors (Lipinski definition) is 17. The Morgan fingerprint density at radius 1 is 0.557 bits per heavy atom. The third-order valence-corrected chi connectivity index (χ3v) is 10.9. The number of aliphatic imine (C=N–C) groups is 5. The summed E-state index contributed by atoms with van der Waals surface area (Å²) in [7, 11) is 0. The van der Waals surface area contributed by atoms with Crippen LogP contribution in [0.5, 0.6) is 0 Å². The van der Waals surface area contributed by atoms with Crippen molar-refractivity contribution in [3.8, 4) is 6.26 Å². The predicted molar refractivity (Wildman–Crippen MR) is 261 cm³/mol. The van der Waals surface area contributed by atoms with Crippen LogP contribution in [0.4, 0.5) is 9.59 Å². The maximum atomic E-state index is 13.1. The number of ether oxygens (including phenoxy) is 1. The Morgan fingerprint density at radius 2 is 0.971 bits per heavy atom. The molecule has 0 aromatic rings. The maximum absolute atomic E-state index is 13.1. The van der Waals surface area contributed by atoms with Crippen LogP contribution >= 0.6 is 0 Å². The summed E-state index contributed by atoms with van der Waals surface area (Å²) in [6, 6.07) is -1.06. The minimum absolute atomic E-state index is 0.222. The van der Waals surface area contributed by atoms with Gasteiger partial charge in [0.15, 0.2) is 0 Å². The van der Waals surface area contributed by atoms with E-state index in [1.807, 2.05) is 0 Å². The lowest BCUT2D eigenvalue weighted by Gasteiger charge is -2.37. The molecule has 0 radical (unpaired) electrons. The van der Waals surface area contributed by atoms with Crippen molar-refractivity contribution in [2.45, 2.75) is 174 Å². The molecule has 0 bridgehead atoms. The lowest BCUT2D eigenvalue weighted by atomic mass is 9.95. The molecule has 1 atom stereocenters. The van der Waals surface area contributed by atoms with Crippen LogP contribution in [0.1, 0.15) is 174 Å². The number of imide groups is 3. The molecule has 1 aliphatic heterocycles. The molecular formula is C49H78N10O11. The van der Waals surface area contributed by atoms with Crippen LogP contribution in [0.15, 0.2) is 25.0 Å². The Labute approximate surface area is 414 Å². The van der Waals surface area contributed by atoms with E-state index in [9.17, 15) is 47.9 Å². The summed E-state index contributed by atoms with van der Waals surface area (Å²) in [5.41, 5.74) is 0. The summed E-state index contributed by atoms with van der Waals surface area (Å²) >= 11 is 0. The molecule has 0 saturated carbocycles. The molecule has 0 aromatic carbocycles. The fraction of sp³-hybridized carbons (Fsp3) is 0.776. The van der Waals surface area contributed by atoms with Crippen LogP contribution < -0.4 is 5.32 Å². The summed E-state index contributed by atoms with van der Waals surface area (Å²) in [5.74, 6) is -2.27. The summed E-state index contributed by atoms with van der Waals surface area (Å²) in [6.45, 7) is 7.26. The first kappa shape index (κ1) is 65.8. The second-order valence-corrected chi connectivity index (χ2v) is 16.4.